The van der Waals surface area contributed by atoms with Gasteiger partial charge in [-0.3, -0.25) is 9.69 Å². The number of aliphatic hydroxyl groups is 2. The summed E-state index contributed by atoms with van der Waals surface area (Å²) in [6.07, 6.45) is 2.99. The fourth-order valence-electron chi connectivity index (χ4n) is 4.49. The van der Waals surface area contributed by atoms with Crippen LogP contribution >= 0.6 is 0 Å². The lowest BCUT2D eigenvalue weighted by Gasteiger charge is -2.51. The molecule has 2 atom stereocenters. The first-order valence-electron chi connectivity index (χ1n) is 10.5. The van der Waals surface area contributed by atoms with Crippen LogP contribution in [0.4, 0.5) is 5.82 Å². The van der Waals surface area contributed by atoms with Gasteiger partial charge in [-0.1, -0.05) is 6.07 Å². The monoisotopic (exact) mass is 423 g/mol. The van der Waals surface area contributed by atoms with E-state index < -0.39 is 17.3 Å². The zero-order valence-corrected chi connectivity index (χ0v) is 17.6. The first-order valence-corrected chi connectivity index (χ1v) is 10.5. The molecule has 0 aliphatic carbocycles. The third-order valence-corrected chi connectivity index (χ3v) is 6.34. The molecule has 168 valence electrons. The maximum Gasteiger partial charge on any atom is 0.290 e. The number of anilines is 1. The predicted octanol–water partition coefficient (Wildman–Crippen LogP) is 0.486. The van der Waals surface area contributed by atoms with E-state index >= 15 is 0 Å². The molecule has 0 bridgehead atoms. The number of hydrogen-bond acceptors (Lipinski definition) is 8. The Labute approximate surface area is 177 Å². The lowest BCUT2D eigenvalue weighted by molar-refractivity contribution is -0.239. The molecule has 4 rings (SSSR count). The molecule has 0 aromatic carbocycles. The number of aromatic nitrogens is 1. The van der Waals surface area contributed by atoms with Gasteiger partial charge in [0.15, 0.2) is 0 Å². The number of carboxylic acid groups (broad SMARTS) is 1. The molecule has 0 saturated carbocycles. The van der Waals surface area contributed by atoms with Gasteiger partial charge in [-0.2, -0.15) is 0 Å². The zero-order chi connectivity index (χ0) is 21.6. The predicted molar refractivity (Wildman–Crippen MR) is 110 cm³/mol. The van der Waals surface area contributed by atoms with Crippen molar-refractivity contribution in [1.29, 1.82) is 0 Å². The van der Waals surface area contributed by atoms with Gasteiger partial charge < -0.3 is 29.7 Å². The summed E-state index contributed by atoms with van der Waals surface area (Å²) in [6.45, 7) is 7.97. The molecule has 3 saturated heterocycles. The first-order chi connectivity index (χ1) is 14.4. The maximum atomic E-state index is 10.6. The SMILES string of the molecule is C[C@@]1(O)CCOC2(CCN(c3ccc(CN4CCOCC4)cn3)CC2)[C@H]1O.O=CO. The number of rotatable bonds is 3. The van der Waals surface area contributed by atoms with Gasteiger partial charge in [0.2, 0.25) is 0 Å². The minimum Gasteiger partial charge on any atom is -0.483 e. The second-order valence-corrected chi connectivity index (χ2v) is 8.43. The molecular formula is C21H33N3O6. The van der Waals surface area contributed by atoms with Crippen LogP contribution in [0.25, 0.3) is 0 Å². The number of ether oxygens (including phenoxy) is 2. The van der Waals surface area contributed by atoms with Crippen LogP contribution in [0.1, 0.15) is 31.7 Å². The molecule has 1 spiro atoms. The Balaban J connectivity index is 0.000000806. The van der Waals surface area contributed by atoms with E-state index in [-0.39, 0.29) is 6.47 Å². The van der Waals surface area contributed by atoms with E-state index in [4.69, 9.17) is 19.4 Å². The van der Waals surface area contributed by atoms with E-state index in [1.165, 1.54) is 5.56 Å². The van der Waals surface area contributed by atoms with Gasteiger partial charge >= 0.3 is 0 Å². The molecule has 30 heavy (non-hydrogen) atoms. The van der Waals surface area contributed by atoms with Gasteiger partial charge in [-0.05, 0) is 31.4 Å². The molecule has 9 heteroatoms. The van der Waals surface area contributed by atoms with Gasteiger partial charge in [-0.25, -0.2) is 4.98 Å². The fourth-order valence-corrected chi connectivity index (χ4v) is 4.49. The van der Waals surface area contributed by atoms with Crippen molar-refractivity contribution in [2.45, 2.75) is 50.0 Å². The van der Waals surface area contributed by atoms with E-state index in [2.05, 4.69) is 26.9 Å². The standard InChI is InChI=1S/C20H31N3O4.CH2O2/c1-19(25)6-11-27-20(18(19)24)4-7-23(8-5-20)17-3-2-16(14-21-17)15-22-9-12-26-13-10-22;2-1-3/h2-3,14,18,24-25H,4-13,15H2,1H3;1H,(H,2,3)/t18-,19+;/m0./s1. The van der Waals surface area contributed by atoms with Crippen molar-refractivity contribution in [2.75, 3.05) is 50.9 Å². The third kappa shape index (κ3) is 5.28. The van der Waals surface area contributed by atoms with Gasteiger partial charge in [0.25, 0.3) is 6.47 Å². The smallest absolute Gasteiger partial charge is 0.290 e. The topological polar surface area (TPSA) is 116 Å². The first kappa shape index (κ1) is 22.9. The Hall–Kier alpha value is -1.78. The van der Waals surface area contributed by atoms with Crippen LogP contribution in [0.3, 0.4) is 0 Å². The minimum absolute atomic E-state index is 0.250. The summed E-state index contributed by atoms with van der Waals surface area (Å²) in [6, 6.07) is 4.24. The van der Waals surface area contributed by atoms with Gasteiger partial charge in [0.1, 0.15) is 17.5 Å². The molecule has 4 heterocycles. The van der Waals surface area contributed by atoms with Crippen molar-refractivity contribution in [3.63, 3.8) is 0 Å². The molecule has 0 amide bonds. The van der Waals surface area contributed by atoms with E-state index in [0.717, 1.165) is 51.8 Å². The number of aliphatic hydroxyl groups excluding tert-OH is 1. The minimum atomic E-state index is -1.07. The van der Waals surface area contributed by atoms with Crippen LogP contribution in [-0.4, -0.2) is 95.0 Å². The molecule has 3 fully saturated rings. The van der Waals surface area contributed by atoms with Crippen molar-refractivity contribution in [1.82, 2.24) is 9.88 Å². The van der Waals surface area contributed by atoms with Crippen LogP contribution < -0.4 is 4.90 Å². The van der Waals surface area contributed by atoms with E-state index in [0.29, 0.717) is 25.9 Å². The Bertz CT molecular complexity index is 670. The quantitative estimate of drug-likeness (QED) is 0.597. The summed E-state index contributed by atoms with van der Waals surface area (Å²) >= 11 is 0. The van der Waals surface area contributed by atoms with Crippen LogP contribution in [0.2, 0.25) is 0 Å². The molecule has 1 aromatic rings. The number of nitrogens with zero attached hydrogens (tertiary/aromatic N) is 3. The lowest BCUT2D eigenvalue weighted by Crippen LogP contribution is -2.64. The van der Waals surface area contributed by atoms with Crippen molar-refractivity contribution < 1.29 is 29.6 Å². The molecule has 0 radical (unpaired) electrons. The highest BCUT2D eigenvalue weighted by Gasteiger charge is 2.52. The highest BCUT2D eigenvalue weighted by atomic mass is 16.5. The average molecular weight is 424 g/mol. The molecular weight excluding hydrogens is 390 g/mol. The Kier molecular flexibility index (Phi) is 7.65. The Morgan fingerprint density at radius 3 is 2.43 bits per heavy atom. The van der Waals surface area contributed by atoms with Gasteiger partial charge in [0, 0.05) is 45.3 Å². The fraction of sp³-hybridized carbons (Fsp3) is 0.714. The molecule has 0 unspecified atom stereocenters. The van der Waals surface area contributed by atoms with Crippen molar-refractivity contribution >= 4 is 12.3 Å². The third-order valence-electron chi connectivity index (χ3n) is 6.34. The maximum absolute atomic E-state index is 10.6. The zero-order valence-electron chi connectivity index (χ0n) is 17.6. The molecule has 9 nitrogen and oxygen atoms in total. The number of hydrogen-bond donors (Lipinski definition) is 3. The van der Waals surface area contributed by atoms with Crippen LogP contribution in [-0.2, 0) is 20.8 Å². The van der Waals surface area contributed by atoms with E-state index in [1.807, 2.05) is 6.20 Å². The highest BCUT2D eigenvalue weighted by molar-refractivity contribution is 5.40. The molecule has 3 aliphatic heterocycles. The molecule has 3 N–H and O–H groups in total. The van der Waals surface area contributed by atoms with Gasteiger partial charge in [-0.15, -0.1) is 0 Å². The molecule has 1 aromatic heterocycles. The normalized spacial score (nSPS) is 29.2. The largest absolute Gasteiger partial charge is 0.483 e. The summed E-state index contributed by atoms with van der Waals surface area (Å²) < 4.78 is 11.4. The van der Waals surface area contributed by atoms with Crippen LogP contribution in [0.15, 0.2) is 18.3 Å². The van der Waals surface area contributed by atoms with Crippen LogP contribution in [0.5, 0.6) is 0 Å². The number of pyridine rings is 1. The van der Waals surface area contributed by atoms with E-state index in [9.17, 15) is 10.2 Å². The van der Waals surface area contributed by atoms with Crippen LogP contribution in [0, 0.1) is 0 Å². The van der Waals surface area contributed by atoms with Crippen molar-refractivity contribution in [2.24, 2.45) is 0 Å². The average Bonchev–Trinajstić information content (AvgIpc) is 2.75. The van der Waals surface area contributed by atoms with Gasteiger partial charge in [0.05, 0.1) is 25.4 Å². The summed E-state index contributed by atoms with van der Waals surface area (Å²) in [4.78, 5) is 17.7. The van der Waals surface area contributed by atoms with E-state index in [1.54, 1.807) is 6.92 Å². The number of carbonyl (C=O) groups is 1. The highest BCUT2D eigenvalue weighted by Crippen LogP contribution is 2.40. The molecule has 3 aliphatic rings. The Morgan fingerprint density at radius 1 is 1.17 bits per heavy atom. The lowest BCUT2D eigenvalue weighted by atomic mass is 9.75. The Morgan fingerprint density at radius 2 is 1.83 bits per heavy atom. The van der Waals surface area contributed by atoms with Crippen molar-refractivity contribution in [3.8, 4) is 0 Å². The number of morpholine rings is 1. The second kappa shape index (κ2) is 10.0. The summed E-state index contributed by atoms with van der Waals surface area (Å²) in [5.41, 5.74) is -0.481. The summed E-state index contributed by atoms with van der Waals surface area (Å²) in [7, 11) is 0. The summed E-state index contributed by atoms with van der Waals surface area (Å²) in [5, 5.41) is 28.0. The summed E-state index contributed by atoms with van der Waals surface area (Å²) in [5.74, 6) is 0.965. The van der Waals surface area contributed by atoms with Crippen molar-refractivity contribution in [3.05, 3.63) is 23.9 Å². The number of piperidine rings is 1. The second-order valence-electron chi connectivity index (χ2n) is 8.43.